The fourth-order valence-electron chi connectivity index (χ4n) is 1.79. The largest absolute Gasteiger partial charge is 0.469 e. The van der Waals surface area contributed by atoms with Gasteiger partial charge in [0.1, 0.15) is 0 Å². The number of rotatable bonds is 6. The lowest BCUT2D eigenvalue weighted by Crippen LogP contribution is -2.23. The molecule has 0 aromatic heterocycles. The van der Waals surface area contributed by atoms with Gasteiger partial charge in [0, 0.05) is 12.2 Å². The van der Waals surface area contributed by atoms with E-state index < -0.39 is 0 Å². The van der Waals surface area contributed by atoms with Gasteiger partial charge in [-0.3, -0.25) is 4.79 Å². The Hall–Kier alpha value is -1.51. The topological polar surface area (TPSA) is 38.3 Å². The van der Waals surface area contributed by atoms with Crippen molar-refractivity contribution in [1.82, 2.24) is 0 Å². The van der Waals surface area contributed by atoms with E-state index in [0.717, 1.165) is 12.1 Å². The minimum atomic E-state index is -0.149. The van der Waals surface area contributed by atoms with E-state index in [-0.39, 0.29) is 11.9 Å². The van der Waals surface area contributed by atoms with E-state index in [0.29, 0.717) is 12.5 Å². The van der Waals surface area contributed by atoms with Gasteiger partial charge in [0.05, 0.1) is 13.0 Å². The van der Waals surface area contributed by atoms with Crippen molar-refractivity contribution in [1.29, 1.82) is 0 Å². The number of hydrogen-bond acceptors (Lipinski definition) is 3. The Labute approximate surface area is 110 Å². The number of methoxy groups -OCH3 is 1. The van der Waals surface area contributed by atoms with Crippen molar-refractivity contribution >= 4 is 11.7 Å². The van der Waals surface area contributed by atoms with Crippen LogP contribution in [0.4, 0.5) is 5.69 Å². The highest BCUT2D eigenvalue weighted by Crippen LogP contribution is 2.17. The summed E-state index contributed by atoms with van der Waals surface area (Å²) in [5, 5.41) is 3.28. The van der Waals surface area contributed by atoms with Crippen LogP contribution in [0.3, 0.4) is 0 Å². The fourth-order valence-corrected chi connectivity index (χ4v) is 1.79. The molecule has 1 atom stereocenters. The molecule has 0 spiro atoms. The zero-order valence-corrected chi connectivity index (χ0v) is 11.7. The van der Waals surface area contributed by atoms with E-state index in [9.17, 15) is 4.79 Å². The average Bonchev–Trinajstić information content (AvgIpc) is 2.39. The van der Waals surface area contributed by atoms with Gasteiger partial charge in [0.25, 0.3) is 0 Å². The predicted molar refractivity (Wildman–Crippen MR) is 74.8 cm³/mol. The second-order valence-corrected chi connectivity index (χ2v) is 4.79. The molecule has 1 N–H and O–H groups in total. The number of benzene rings is 1. The van der Waals surface area contributed by atoms with E-state index in [4.69, 9.17) is 4.74 Å². The Kier molecular flexibility index (Phi) is 5.69. The average molecular weight is 249 g/mol. The number of nitrogens with one attached hydrogen (secondary N) is 1. The van der Waals surface area contributed by atoms with Crippen LogP contribution in [0, 0.1) is 5.92 Å². The van der Waals surface area contributed by atoms with Crippen molar-refractivity contribution in [3.63, 3.8) is 0 Å². The highest BCUT2D eigenvalue weighted by molar-refractivity contribution is 5.73. The monoisotopic (exact) mass is 249 g/mol. The first kappa shape index (κ1) is 14.6. The van der Waals surface area contributed by atoms with Gasteiger partial charge in [0.2, 0.25) is 0 Å². The first-order valence-corrected chi connectivity index (χ1v) is 6.50. The van der Waals surface area contributed by atoms with Crippen molar-refractivity contribution in [2.75, 3.05) is 19.0 Å². The van der Waals surface area contributed by atoms with Gasteiger partial charge in [0.15, 0.2) is 0 Å². The van der Waals surface area contributed by atoms with E-state index in [1.165, 1.54) is 12.7 Å². The van der Waals surface area contributed by atoms with Crippen LogP contribution < -0.4 is 5.32 Å². The maximum Gasteiger partial charge on any atom is 0.310 e. The van der Waals surface area contributed by atoms with Crippen LogP contribution in [0.1, 0.15) is 38.7 Å². The van der Waals surface area contributed by atoms with E-state index >= 15 is 0 Å². The normalized spacial score (nSPS) is 12.3. The first-order valence-electron chi connectivity index (χ1n) is 6.50. The lowest BCUT2D eigenvalue weighted by molar-refractivity contribution is -0.145. The highest BCUT2D eigenvalue weighted by Gasteiger charge is 2.16. The molecule has 1 aromatic rings. The molecule has 1 rings (SSSR count). The summed E-state index contributed by atoms with van der Waals surface area (Å²) in [4.78, 5) is 11.4. The maximum absolute atomic E-state index is 11.4. The SMILES string of the molecule is CCC(CNc1ccc(C(C)C)cc1)C(=O)OC. The van der Waals surface area contributed by atoms with Crippen molar-refractivity contribution in [2.45, 2.75) is 33.1 Å². The molecule has 0 aliphatic heterocycles. The van der Waals surface area contributed by atoms with Crippen molar-refractivity contribution < 1.29 is 9.53 Å². The number of carbonyl (C=O) groups excluding carboxylic acids is 1. The summed E-state index contributed by atoms with van der Waals surface area (Å²) >= 11 is 0. The molecule has 0 fully saturated rings. The van der Waals surface area contributed by atoms with Gasteiger partial charge in [-0.15, -0.1) is 0 Å². The molecule has 18 heavy (non-hydrogen) atoms. The van der Waals surface area contributed by atoms with Gasteiger partial charge in [-0.1, -0.05) is 32.9 Å². The second-order valence-electron chi connectivity index (χ2n) is 4.79. The van der Waals surface area contributed by atoms with Gasteiger partial charge in [-0.05, 0) is 30.0 Å². The van der Waals surface area contributed by atoms with Crippen LogP contribution in [-0.4, -0.2) is 19.6 Å². The standard InChI is InChI=1S/C15H23NO2/c1-5-12(15(17)18-4)10-16-14-8-6-13(7-9-14)11(2)3/h6-9,11-12,16H,5,10H2,1-4H3. The Morgan fingerprint density at radius 3 is 2.33 bits per heavy atom. The third-order valence-corrected chi connectivity index (χ3v) is 3.16. The molecule has 1 aromatic carbocycles. The van der Waals surface area contributed by atoms with Crippen LogP contribution in [0.2, 0.25) is 0 Å². The summed E-state index contributed by atoms with van der Waals surface area (Å²) < 4.78 is 4.76. The van der Waals surface area contributed by atoms with Crippen molar-refractivity contribution in [2.24, 2.45) is 5.92 Å². The van der Waals surface area contributed by atoms with E-state index in [2.05, 4.69) is 43.4 Å². The molecule has 0 bridgehead atoms. The molecular formula is C15H23NO2. The molecule has 0 aliphatic rings. The van der Waals surface area contributed by atoms with Gasteiger partial charge in [-0.25, -0.2) is 0 Å². The molecule has 0 radical (unpaired) electrons. The number of ether oxygens (including phenoxy) is 1. The summed E-state index contributed by atoms with van der Waals surface area (Å²) in [5.74, 6) is 0.307. The minimum absolute atomic E-state index is 0.0835. The Bertz CT molecular complexity index is 371. The van der Waals surface area contributed by atoms with Crippen molar-refractivity contribution in [3.05, 3.63) is 29.8 Å². The molecule has 3 heteroatoms. The third kappa shape index (κ3) is 4.06. The highest BCUT2D eigenvalue weighted by atomic mass is 16.5. The maximum atomic E-state index is 11.4. The number of carbonyl (C=O) groups is 1. The molecule has 0 heterocycles. The molecular weight excluding hydrogens is 226 g/mol. The second kappa shape index (κ2) is 7.04. The molecule has 100 valence electrons. The quantitative estimate of drug-likeness (QED) is 0.785. The van der Waals surface area contributed by atoms with Crippen LogP contribution in [-0.2, 0) is 9.53 Å². The predicted octanol–water partition coefficient (Wildman–Crippen LogP) is 3.42. The first-order chi connectivity index (χ1) is 8.58. The smallest absolute Gasteiger partial charge is 0.310 e. The van der Waals surface area contributed by atoms with Crippen LogP contribution >= 0.6 is 0 Å². The molecule has 0 saturated carbocycles. The summed E-state index contributed by atoms with van der Waals surface area (Å²) in [7, 11) is 1.43. The van der Waals surface area contributed by atoms with Crippen LogP contribution in [0.5, 0.6) is 0 Å². The number of anilines is 1. The summed E-state index contributed by atoms with van der Waals surface area (Å²) in [6, 6.07) is 8.34. The zero-order chi connectivity index (χ0) is 13.5. The summed E-state index contributed by atoms with van der Waals surface area (Å²) in [5.41, 5.74) is 2.36. The Balaban J connectivity index is 2.54. The molecule has 1 unspecified atom stereocenters. The summed E-state index contributed by atoms with van der Waals surface area (Å²) in [6.45, 7) is 6.95. The molecule has 0 amide bonds. The van der Waals surface area contributed by atoms with Crippen molar-refractivity contribution in [3.8, 4) is 0 Å². The third-order valence-electron chi connectivity index (χ3n) is 3.16. The van der Waals surface area contributed by atoms with E-state index in [1.807, 2.05) is 6.92 Å². The van der Waals surface area contributed by atoms with Gasteiger partial charge in [-0.2, -0.15) is 0 Å². The summed E-state index contributed by atoms with van der Waals surface area (Å²) in [6.07, 6.45) is 0.781. The molecule has 3 nitrogen and oxygen atoms in total. The molecule has 0 saturated heterocycles. The Morgan fingerprint density at radius 2 is 1.89 bits per heavy atom. The lowest BCUT2D eigenvalue weighted by atomic mass is 10.0. The number of esters is 1. The van der Waals surface area contributed by atoms with Gasteiger partial charge < -0.3 is 10.1 Å². The van der Waals surface area contributed by atoms with E-state index in [1.54, 1.807) is 0 Å². The van der Waals surface area contributed by atoms with Crippen LogP contribution in [0.25, 0.3) is 0 Å². The Morgan fingerprint density at radius 1 is 1.28 bits per heavy atom. The lowest BCUT2D eigenvalue weighted by Gasteiger charge is -2.14. The minimum Gasteiger partial charge on any atom is -0.469 e. The van der Waals surface area contributed by atoms with Crippen LogP contribution in [0.15, 0.2) is 24.3 Å². The zero-order valence-electron chi connectivity index (χ0n) is 11.7. The number of hydrogen-bond donors (Lipinski definition) is 1. The molecule has 0 aliphatic carbocycles. The fraction of sp³-hybridized carbons (Fsp3) is 0.533. The van der Waals surface area contributed by atoms with Gasteiger partial charge >= 0.3 is 5.97 Å².